The summed E-state index contributed by atoms with van der Waals surface area (Å²) < 4.78 is 0. The fourth-order valence-corrected chi connectivity index (χ4v) is 2.04. The van der Waals surface area contributed by atoms with Crippen LogP contribution in [0.1, 0.15) is 10.4 Å². The van der Waals surface area contributed by atoms with Gasteiger partial charge in [-0.05, 0) is 17.0 Å². The molecule has 0 aliphatic carbocycles. The number of carbonyl (C=O) groups is 1. The molecule has 0 spiro atoms. The van der Waals surface area contributed by atoms with Crippen molar-refractivity contribution in [3.05, 3.63) is 41.3 Å². The molecule has 0 aliphatic rings. The molecule has 0 fully saturated rings. The Morgan fingerprint density at radius 1 is 1.14 bits per heavy atom. The molecule has 14 heavy (non-hydrogen) atoms. The van der Waals surface area contributed by atoms with E-state index in [0.29, 0.717) is 5.56 Å². The van der Waals surface area contributed by atoms with Crippen molar-refractivity contribution in [3.63, 3.8) is 0 Å². The number of hydrogen-bond donors (Lipinski definition) is 1. The molecule has 0 amide bonds. The predicted molar refractivity (Wildman–Crippen MR) is 59.6 cm³/mol. The van der Waals surface area contributed by atoms with Gasteiger partial charge in [-0.15, -0.1) is 11.3 Å². The second-order valence-corrected chi connectivity index (χ2v) is 3.85. The highest BCUT2D eigenvalue weighted by molar-refractivity contribution is 7.14. The maximum absolute atomic E-state index is 10.8. The Labute approximate surface area is 86.0 Å². The van der Waals surface area contributed by atoms with Gasteiger partial charge in [0.25, 0.3) is 0 Å². The minimum atomic E-state index is 0.678. The normalized spacial score (nSPS) is 10.0. The zero-order valence-electron chi connectivity index (χ0n) is 7.44. The Hall–Kier alpha value is -1.61. The number of hydrogen-bond acceptors (Lipinski definition) is 3. The Balaban J connectivity index is 2.62. The van der Waals surface area contributed by atoms with Crippen molar-refractivity contribution >= 4 is 22.6 Å². The van der Waals surface area contributed by atoms with Crippen molar-refractivity contribution in [2.75, 3.05) is 5.73 Å². The maximum Gasteiger partial charge on any atom is 0.150 e. The number of anilines is 1. The molecular weight excluding hydrogens is 194 g/mol. The van der Waals surface area contributed by atoms with E-state index in [1.54, 1.807) is 6.07 Å². The van der Waals surface area contributed by atoms with Crippen LogP contribution in [0, 0.1) is 0 Å². The average Bonchev–Trinajstić information content (AvgIpc) is 2.64. The van der Waals surface area contributed by atoms with E-state index < -0.39 is 0 Å². The summed E-state index contributed by atoms with van der Waals surface area (Å²) in [6, 6.07) is 9.37. The third kappa shape index (κ3) is 1.42. The number of rotatable bonds is 2. The van der Waals surface area contributed by atoms with E-state index in [1.165, 1.54) is 11.3 Å². The third-order valence-corrected chi connectivity index (χ3v) is 2.82. The number of carbonyl (C=O) groups excluding carboxylic acids is 1. The van der Waals surface area contributed by atoms with Gasteiger partial charge in [0.15, 0.2) is 6.29 Å². The maximum atomic E-state index is 10.8. The highest BCUT2D eigenvalue weighted by atomic mass is 32.1. The summed E-state index contributed by atoms with van der Waals surface area (Å²) >= 11 is 1.48. The van der Waals surface area contributed by atoms with Gasteiger partial charge in [-0.3, -0.25) is 4.79 Å². The van der Waals surface area contributed by atoms with Crippen LogP contribution >= 0.6 is 11.3 Å². The standard InChI is InChI=1S/C11H9NOS/c12-11-10(5-6-14-11)9-4-2-1-3-8(9)7-13/h1-7H,12H2. The van der Waals surface area contributed by atoms with Crippen LogP contribution in [0.4, 0.5) is 5.00 Å². The van der Waals surface area contributed by atoms with Crippen molar-refractivity contribution in [1.82, 2.24) is 0 Å². The fraction of sp³-hybridized carbons (Fsp3) is 0. The van der Waals surface area contributed by atoms with Gasteiger partial charge < -0.3 is 5.73 Å². The molecule has 2 aromatic rings. The average molecular weight is 203 g/mol. The molecule has 0 bridgehead atoms. The molecular formula is C11H9NOS. The summed E-state index contributed by atoms with van der Waals surface area (Å²) in [5.41, 5.74) is 8.32. The molecule has 0 radical (unpaired) electrons. The number of thiophene rings is 1. The largest absolute Gasteiger partial charge is 0.390 e. The molecule has 1 aromatic heterocycles. The zero-order chi connectivity index (χ0) is 9.97. The molecule has 1 aromatic carbocycles. The Morgan fingerprint density at radius 2 is 1.93 bits per heavy atom. The lowest BCUT2D eigenvalue weighted by atomic mass is 10.0. The van der Waals surface area contributed by atoms with E-state index in [-0.39, 0.29) is 0 Å². The first kappa shape index (κ1) is 8.97. The van der Waals surface area contributed by atoms with Gasteiger partial charge in [-0.2, -0.15) is 0 Å². The first-order valence-corrected chi connectivity index (χ1v) is 5.08. The Bertz CT molecular complexity index is 462. The quantitative estimate of drug-likeness (QED) is 0.763. The molecule has 2 N–H and O–H groups in total. The number of aldehydes is 1. The lowest BCUT2D eigenvalue weighted by molar-refractivity contribution is 0.112. The summed E-state index contributed by atoms with van der Waals surface area (Å²) in [6.07, 6.45) is 0.854. The molecule has 0 saturated heterocycles. The number of benzene rings is 1. The van der Waals surface area contributed by atoms with Crippen molar-refractivity contribution in [1.29, 1.82) is 0 Å². The molecule has 0 saturated carbocycles. The van der Waals surface area contributed by atoms with Crippen LogP contribution in [0.25, 0.3) is 11.1 Å². The second-order valence-electron chi connectivity index (χ2n) is 2.90. The molecule has 3 heteroatoms. The van der Waals surface area contributed by atoms with Crippen molar-refractivity contribution in [2.24, 2.45) is 0 Å². The fourth-order valence-electron chi connectivity index (χ4n) is 1.39. The summed E-state index contributed by atoms with van der Waals surface area (Å²) in [5, 5.41) is 2.67. The number of nitrogen functional groups attached to an aromatic ring is 1. The molecule has 1 heterocycles. The summed E-state index contributed by atoms with van der Waals surface area (Å²) in [5.74, 6) is 0. The number of nitrogens with two attached hydrogens (primary N) is 1. The topological polar surface area (TPSA) is 43.1 Å². The highest BCUT2D eigenvalue weighted by Gasteiger charge is 2.07. The third-order valence-electron chi connectivity index (χ3n) is 2.07. The monoisotopic (exact) mass is 203 g/mol. The first-order valence-electron chi connectivity index (χ1n) is 4.20. The minimum absolute atomic E-state index is 0.678. The second kappa shape index (κ2) is 3.64. The van der Waals surface area contributed by atoms with Crippen molar-refractivity contribution in [2.45, 2.75) is 0 Å². The minimum Gasteiger partial charge on any atom is -0.390 e. The van der Waals surface area contributed by atoms with E-state index in [1.807, 2.05) is 29.6 Å². The van der Waals surface area contributed by atoms with Crippen LogP contribution in [0.15, 0.2) is 35.7 Å². The lowest BCUT2D eigenvalue weighted by Crippen LogP contribution is -1.88. The smallest absolute Gasteiger partial charge is 0.150 e. The van der Waals surface area contributed by atoms with E-state index in [9.17, 15) is 4.79 Å². The highest BCUT2D eigenvalue weighted by Crippen LogP contribution is 2.31. The van der Waals surface area contributed by atoms with Gasteiger partial charge >= 0.3 is 0 Å². The molecule has 0 unspecified atom stereocenters. The van der Waals surface area contributed by atoms with Crippen LogP contribution < -0.4 is 5.73 Å². The summed E-state index contributed by atoms with van der Waals surface area (Å²) in [7, 11) is 0. The van der Waals surface area contributed by atoms with Gasteiger partial charge in [0, 0.05) is 11.1 Å². The van der Waals surface area contributed by atoms with Crippen LogP contribution in [0.3, 0.4) is 0 Å². The SMILES string of the molecule is Nc1sccc1-c1ccccc1C=O. The van der Waals surface area contributed by atoms with Crippen LogP contribution in [0.2, 0.25) is 0 Å². The summed E-state index contributed by atoms with van der Waals surface area (Å²) in [4.78, 5) is 10.8. The summed E-state index contributed by atoms with van der Waals surface area (Å²) in [6.45, 7) is 0. The van der Waals surface area contributed by atoms with E-state index in [2.05, 4.69) is 0 Å². The zero-order valence-corrected chi connectivity index (χ0v) is 8.25. The Morgan fingerprint density at radius 3 is 2.57 bits per heavy atom. The van der Waals surface area contributed by atoms with E-state index >= 15 is 0 Å². The molecule has 70 valence electrons. The van der Waals surface area contributed by atoms with Crippen LogP contribution in [-0.4, -0.2) is 6.29 Å². The predicted octanol–water partition coefficient (Wildman–Crippen LogP) is 2.81. The van der Waals surface area contributed by atoms with Gasteiger partial charge in [-0.1, -0.05) is 24.3 Å². The van der Waals surface area contributed by atoms with Gasteiger partial charge in [0.05, 0.1) is 5.00 Å². The van der Waals surface area contributed by atoms with Crippen LogP contribution in [0.5, 0.6) is 0 Å². The molecule has 2 rings (SSSR count). The van der Waals surface area contributed by atoms with Crippen molar-refractivity contribution < 1.29 is 4.79 Å². The van der Waals surface area contributed by atoms with Gasteiger partial charge in [0.2, 0.25) is 0 Å². The molecule has 0 atom stereocenters. The molecule has 0 aliphatic heterocycles. The van der Waals surface area contributed by atoms with Crippen LogP contribution in [-0.2, 0) is 0 Å². The molecule has 2 nitrogen and oxygen atoms in total. The van der Waals surface area contributed by atoms with E-state index in [4.69, 9.17) is 5.73 Å². The first-order chi connectivity index (χ1) is 6.83. The Kier molecular flexibility index (Phi) is 2.33. The van der Waals surface area contributed by atoms with Crippen molar-refractivity contribution in [3.8, 4) is 11.1 Å². The lowest BCUT2D eigenvalue weighted by Gasteiger charge is -2.02. The van der Waals surface area contributed by atoms with Gasteiger partial charge in [-0.25, -0.2) is 0 Å². The van der Waals surface area contributed by atoms with E-state index in [0.717, 1.165) is 22.4 Å². The van der Waals surface area contributed by atoms with Gasteiger partial charge in [0.1, 0.15) is 0 Å².